The van der Waals surface area contributed by atoms with Gasteiger partial charge in [-0.15, -0.1) is 6.42 Å². The standard InChI is InChI=1S/C11H13N3O5/c1-2-11(18)6(5-15)19-9(8(11)16)14-4-3-7(12)13-10(14)17/h1,3-4,6,8-9,15-16,18H,5H2,(H2,12,13,17)/t6?,8?,9?,11-/m1/s1. The maximum Gasteiger partial charge on any atom is 0.351 e. The van der Waals surface area contributed by atoms with Crippen LogP contribution in [0.3, 0.4) is 0 Å². The van der Waals surface area contributed by atoms with E-state index in [9.17, 15) is 15.0 Å². The molecule has 0 bridgehead atoms. The summed E-state index contributed by atoms with van der Waals surface area (Å²) in [5, 5.41) is 29.2. The van der Waals surface area contributed by atoms with Gasteiger partial charge in [-0.05, 0) is 6.07 Å². The third kappa shape index (κ3) is 1.98. The first kappa shape index (κ1) is 13.5. The molecule has 102 valence electrons. The molecule has 1 fully saturated rings. The Hall–Kier alpha value is -1.92. The van der Waals surface area contributed by atoms with Crippen molar-refractivity contribution in [3.05, 3.63) is 22.7 Å². The van der Waals surface area contributed by atoms with E-state index in [0.29, 0.717) is 0 Å². The molecule has 1 aromatic rings. The Morgan fingerprint density at radius 2 is 2.37 bits per heavy atom. The van der Waals surface area contributed by atoms with Crippen molar-refractivity contribution >= 4 is 5.82 Å². The van der Waals surface area contributed by atoms with E-state index in [1.54, 1.807) is 0 Å². The molecule has 0 aliphatic carbocycles. The number of hydrogen-bond donors (Lipinski definition) is 4. The van der Waals surface area contributed by atoms with Crippen LogP contribution in [0, 0.1) is 12.3 Å². The van der Waals surface area contributed by atoms with Gasteiger partial charge in [0.25, 0.3) is 0 Å². The molecule has 8 nitrogen and oxygen atoms in total. The Bertz CT molecular complexity index is 580. The van der Waals surface area contributed by atoms with E-state index in [2.05, 4.69) is 4.98 Å². The number of aliphatic hydroxyl groups is 3. The lowest BCUT2D eigenvalue weighted by Gasteiger charge is -2.23. The predicted octanol–water partition coefficient (Wildman–Crippen LogP) is -2.56. The number of nitrogens with zero attached hydrogens (tertiary/aromatic N) is 2. The van der Waals surface area contributed by atoms with Gasteiger partial charge in [0, 0.05) is 6.20 Å². The van der Waals surface area contributed by atoms with Gasteiger partial charge in [-0.2, -0.15) is 4.98 Å². The molecule has 2 rings (SSSR count). The highest BCUT2D eigenvalue weighted by atomic mass is 16.6. The second-order valence-electron chi connectivity index (χ2n) is 4.15. The number of aliphatic hydroxyl groups excluding tert-OH is 2. The number of nitrogen functional groups attached to an aromatic ring is 1. The van der Waals surface area contributed by atoms with Crippen LogP contribution in [0.2, 0.25) is 0 Å². The maximum atomic E-state index is 11.7. The van der Waals surface area contributed by atoms with Crippen LogP contribution in [0.25, 0.3) is 0 Å². The zero-order chi connectivity index (χ0) is 14.2. The molecule has 5 N–H and O–H groups in total. The first-order valence-corrected chi connectivity index (χ1v) is 5.43. The van der Waals surface area contributed by atoms with Crippen molar-refractivity contribution < 1.29 is 20.1 Å². The van der Waals surface area contributed by atoms with Crippen LogP contribution in [0.1, 0.15) is 6.23 Å². The second-order valence-corrected chi connectivity index (χ2v) is 4.15. The smallest absolute Gasteiger partial charge is 0.351 e. The quantitative estimate of drug-likeness (QED) is 0.433. The van der Waals surface area contributed by atoms with Crippen LogP contribution in [-0.4, -0.2) is 49.3 Å². The molecular formula is C11H13N3O5. The molecule has 0 aromatic carbocycles. The number of ether oxygens (including phenoxy) is 1. The summed E-state index contributed by atoms with van der Waals surface area (Å²) in [4.78, 5) is 15.1. The fourth-order valence-electron chi connectivity index (χ4n) is 1.95. The summed E-state index contributed by atoms with van der Waals surface area (Å²) in [6, 6.07) is 1.33. The maximum absolute atomic E-state index is 11.7. The molecule has 1 aromatic heterocycles. The van der Waals surface area contributed by atoms with E-state index >= 15 is 0 Å². The van der Waals surface area contributed by atoms with Gasteiger partial charge in [0.15, 0.2) is 11.8 Å². The van der Waals surface area contributed by atoms with Crippen LogP contribution in [0.5, 0.6) is 0 Å². The lowest BCUT2D eigenvalue weighted by Crippen LogP contribution is -2.48. The highest BCUT2D eigenvalue weighted by Gasteiger charge is 2.55. The first-order chi connectivity index (χ1) is 8.93. The van der Waals surface area contributed by atoms with Crippen molar-refractivity contribution in [1.29, 1.82) is 0 Å². The molecule has 0 amide bonds. The van der Waals surface area contributed by atoms with Gasteiger partial charge in [-0.1, -0.05) is 5.92 Å². The van der Waals surface area contributed by atoms with Crippen LogP contribution < -0.4 is 11.4 Å². The van der Waals surface area contributed by atoms with Crippen molar-refractivity contribution in [1.82, 2.24) is 9.55 Å². The summed E-state index contributed by atoms with van der Waals surface area (Å²) in [7, 11) is 0. The van der Waals surface area contributed by atoms with Crippen LogP contribution in [-0.2, 0) is 4.74 Å². The minimum absolute atomic E-state index is 0.0136. The largest absolute Gasteiger partial charge is 0.394 e. The normalized spacial score (nSPS) is 34.1. The molecular weight excluding hydrogens is 254 g/mol. The van der Waals surface area contributed by atoms with Crippen molar-refractivity contribution in [3.63, 3.8) is 0 Å². The molecule has 2 heterocycles. The Balaban J connectivity index is 2.43. The van der Waals surface area contributed by atoms with Gasteiger partial charge < -0.3 is 25.8 Å². The highest BCUT2D eigenvalue weighted by Crippen LogP contribution is 2.35. The Labute approximate surface area is 108 Å². The third-order valence-corrected chi connectivity index (χ3v) is 3.04. The minimum atomic E-state index is -2.08. The van der Waals surface area contributed by atoms with Gasteiger partial charge in [-0.25, -0.2) is 4.79 Å². The Morgan fingerprint density at radius 3 is 2.84 bits per heavy atom. The monoisotopic (exact) mass is 267 g/mol. The summed E-state index contributed by atoms with van der Waals surface area (Å²) in [6.45, 7) is -0.606. The van der Waals surface area contributed by atoms with E-state index in [0.717, 1.165) is 4.57 Å². The molecule has 8 heteroatoms. The molecule has 3 unspecified atom stereocenters. The lowest BCUT2D eigenvalue weighted by atomic mass is 9.93. The molecule has 1 aliphatic heterocycles. The molecule has 0 saturated carbocycles. The fraction of sp³-hybridized carbons (Fsp3) is 0.455. The molecule has 19 heavy (non-hydrogen) atoms. The summed E-state index contributed by atoms with van der Waals surface area (Å²) >= 11 is 0. The molecule has 0 radical (unpaired) electrons. The second kappa shape index (κ2) is 4.64. The highest BCUT2D eigenvalue weighted by molar-refractivity contribution is 5.24. The first-order valence-electron chi connectivity index (χ1n) is 5.43. The van der Waals surface area contributed by atoms with Gasteiger partial charge in [0.05, 0.1) is 6.61 Å². The average molecular weight is 267 g/mol. The number of hydrogen-bond acceptors (Lipinski definition) is 7. The van der Waals surface area contributed by atoms with E-state index in [1.807, 2.05) is 5.92 Å². The zero-order valence-corrected chi connectivity index (χ0v) is 9.80. The molecule has 0 spiro atoms. The zero-order valence-electron chi connectivity index (χ0n) is 9.80. The van der Waals surface area contributed by atoms with E-state index in [-0.39, 0.29) is 5.82 Å². The van der Waals surface area contributed by atoms with E-state index < -0.39 is 36.3 Å². The average Bonchev–Trinajstić information content (AvgIpc) is 2.63. The Morgan fingerprint density at radius 1 is 1.68 bits per heavy atom. The minimum Gasteiger partial charge on any atom is -0.394 e. The fourth-order valence-corrected chi connectivity index (χ4v) is 1.95. The topological polar surface area (TPSA) is 131 Å². The van der Waals surface area contributed by atoms with Gasteiger partial charge in [0.1, 0.15) is 18.0 Å². The predicted molar refractivity (Wildman–Crippen MR) is 63.7 cm³/mol. The van der Waals surface area contributed by atoms with Gasteiger partial charge in [-0.3, -0.25) is 4.57 Å². The Kier molecular flexibility index (Phi) is 3.30. The number of nitrogens with two attached hydrogens (primary N) is 1. The number of terminal acetylenes is 1. The van der Waals surface area contributed by atoms with Crippen LogP contribution in [0.15, 0.2) is 17.1 Å². The van der Waals surface area contributed by atoms with Crippen LogP contribution >= 0.6 is 0 Å². The van der Waals surface area contributed by atoms with E-state index in [1.165, 1.54) is 12.3 Å². The summed E-state index contributed by atoms with van der Waals surface area (Å²) in [5.74, 6) is 2.00. The van der Waals surface area contributed by atoms with E-state index in [4.69, 9.17) is 22.0 Å². The van der Waals surface area contributed by atoms with Gasteiger partial charge >= 0.3 is 5.69 Å². The van der Waals surface area contributed by atoms with Crippen molar-refractivity contribution in [3.8, 4) is 12.3 Å². The lowest BCUT2D eigenvalue weighted by molar-refractivity contribution is -0.0624. The van der Waals surface area contributed by atoms with Crippen LogP contribution in [0.4, 0.5) is 5.82 Å². The molecule has 4 atom stereocenters. The number of rotatable bonds is 2. The summed E-state index contributed by atoms with van der Waals surface area (Å²) in [6.07, 6.45) is 2.37. The third-order valence-electron chi connectivity index (χ3n) is 3.04. The number of aromatic nitrogens is 2. The number of anilines is 1. The van der Waals surface area contributed by atoms with Crippen molar-refractivity contribution in [2.45, 2.75) is 24.0 Å². The SMILES string of the molecule is C#C[C@@]1(O)C(CO)OC(n2ccc(N)nc2=O)C1O. The molecule has 1 aliphatic rings. The van der Waals surface area contributed by atoms with Gasteiger partial charge in [0.2, 0.25) is 0 Å². The summed E-state index contributed by atoms with van der Waals surface area (Å²) < 4.78 is 6.17. The summed E-state index contributed by atoms with van der Waals surface area (Å²) in [5.41, 5.74) is 2.50. The molecule has 1 saturated heterocycles. The van der Waals surface area contributed by atoms with Crippen molar-refractivity contribution in [2.24, 2.45) is 0 Å². The van der Waals surface area contributed by atoms with Crippen molar-refractivity contribution in [2.75, 3.05) is 12.3 Å².